The average Bonchev–Trinajstić information content (AvgIpc) is 2.59. The highest BCUT2D eigenvalue weighted by atomic mass is 35.5. The van der Waals surface area contributed by atoms with Crippen molar-refractivity contribution in [2.75, 3.05) is 6.54 Å². The van der Waals surface area contributed by atoms with E-state index in [0.29, 0.717) is 18.3 Å². The van der Waals surface area contributed by atoms with E-state index in [4.69, 9.17) is 11.6 Å². The zero-order valence-electron chi connectivity index (χ0n) is 11.6. The quantitative estimate of drug-likeness (QED) is 0.769. The van der Waals surface area contributed by atoms with Crippen LogP contribution in [0.25, 0.3) is 0 Å². The molecule has 1 aliphatic rings. The summed E-state index contributed by atoms with van der Waals surface area (Å²) in [5, 5.41) is 3.29. The maximum absolute atomic E-state index is 11.8. The first-order valence-corrected chi connectivity index (χ1v) is 7.15. The molecule has 3 unspecified atom stereocenters. The molecule has 1 N–H and O–H groups in total. The van der Waals surface area contributed by atoms with Crippen LogP contribution in [0.5, 0.6) is 0 Å². The maximum Gasteiger partial charge on any atom is 0.220 e. The minimum atomic E-state index is 0.170. The summed E-state index contributed by atoms with van der Waals surface area (Å²) in [6, 6.07) is 0. The fourth-order valence-electron chi connectivity index (χ4n) is 2.12. The average molecular weight is 260 g/mol. The van der Waals surface area contributed by atoms with Gasteiger partial charge in [-0.05, 0) is 30.1 Å². The second-order valence-electron chi connectivity index (χ2n) is 6.48. The Morgan fingerprint density at radius 3 is 2.53 bits per heavy atom. The highest BCUT2D eigenvalue weighted by Gasteiger charge is 2.26. The van der Waals surface area contributed by atoms with E-state index in [2.05, 4.69) is 33.0 Å². The highest BCUT2D eigenvalue weighted by Crippen LogP contribution is 2.30. The summed E-state index contributed by atoms with van der Waals surface area (Å²) in [6.45, 7) is 9.42. The first-order valence-electron chi connectivity index (χ1n) is 6.71. The molecular formula is C14H26ClNO. The van der Waals surface area contributed by atoms with Gasteiger partial charge in [-0.2, -0.15) is 0 Å². The molecule has 1 saturated carbocycles. The third-order valence-corrected chi connectivity index (χ3v) is 4.67. The molecule has 0 spiro atoms. The van der Waals surface area contributed by atoms with Crippen LogP contribution >= 0.6 is 11.6 Å². The van der Waals surface area contributed by atoms with E-state index in [1.54, 1.807) is 0 Å². The van der Waals surface area contributed by atoms with E-state index in [1.807, 2.05) is 0 Å². The van der Waals surface area contributed by atoms with Crippen molar-refractivity contribution in [1.29, 1.82) is 0 Å². The van der Waals surface area contributed by atoms with E-state index in [-0.39, 0.29) is 16.7 Å². The third kappa shape index (κ3) is 4.87. The summed E-state index contributed by atoms with van der Waals surface area (Å²) in [6.07, 6.45) is 4.07. The van der Waals surface area contributed by atoms with E-state index >= 15 is 0 Å². The van der Waals surface area contributed by atoms with Gasteiger partial charge in [0.15, 0.2) is 0 Å². The van der Waals surface area contributed by atoms with Gasteiger partial charge in [-0.25, -0.2) is 0 Å². The normalized spacial score (nSPS) is 26.9. The SMILES string of the molecule is CC(CC(=O)NCC1CCCC1Cl)C(C)(C)C. The first kappa shape index (κ1) is 14.8. The monoisotopic (exact) mass is 259 g/mol. The van der Waals surface area contributed by atoms with Gasteiger partial charge in [0, 0.05) is 18.3 Å². The van der Waals surface area contributed by atoms with Crippen molar-refractivity contribution in [3.63, 3.8) is 0 Å². The van der Waals surface area contributed by atoms with Crippen LogP contribution in [0.3, 0.4) is 0 Å². The van der Waals surface area contributed by atoms with Crippen molar-refractivity contribution in [1.82, 2.24) is 5.32 Å². The molecule has 3 atom stereocenters. The van der Waals surface area contributed by atoms with Gasteiger partial charge in [0.25, 0.3) is 0 Å². The number of hydrogen-bond acceptors (Lipinski definition) is 1. The van der Waals surface area contributed by atoms with Gasteiger partial charge < -0.3 is 5.32 Å². The van der Waals surface area contributed by atoms with E-state index < -0.39 is 0 Å². The Balaban J connectivity index is 2.26. The van der Waals surface area contributed by atoms with Gasteiger partial charge in [-0.1, -0.05) is 34.1 Å². The molecule has 0 bridgehead atoms. The number of carbonyl (C=O) groups is 1. The Morgan fingerprint density at radius 1 is 1.41 bits per heavy atom. The predicted molar refractivity (Wildman–Crippen MR) is 73.2 cm³/mol. The Kier molecular flexibility index (Phi) is 5.30. The van der Waals surface area contributed by atoms with Crippen LogP contribution in [0.2, 0.25) is 0 Å². The van der Waals surface area contributed by atoms with Crippen molar-refractivity contribution in [3.8, 4) is 0 Å². The van der Waals surface area contributed by atoms with Gasteiger partial charge in [0.2, 0.25) is 5.91 Å². The molecule has 0 radical (unpaired) electrons. The zero-order valence-corrected chi connectivity index (χ0v) is 12.3. The molecule has 0 aromatic heterocycles. The molecule has 1 amide bonds. The minimum Gasteiger partial charge on any atom is -0.356 e. The van der Waals surface area contributed by atoms with Crippen molar-refractivity contribution in [2.45, 2.75) is 58.8 Å². The summed E-state index contributed by atoms with van der Waals surface area (Å²) < 4.78 is 0. The van der Waals surface area contributed by atoms with Crippen molar-refractivity contribution in [2.24, 2.45) is 17.3 Å². The molecule has 0 aliphatic heterocycles. The molecule has 3 heteroatoms. The highest BCUT2D eigenvalue weighted by molar-refractivity contribution is 6.20. The number of amides is 1. The number of nitrogens with one attached hydrogen (secondary N) is 1. The summed E-state index contributed by atoms with van der Waals surface area (Å²) >= 11 is 6.19. The zero-order chi connectivity index (χ0) is 13.1. The van der Waals surface area contributed by atoms with Crippen molar-refractivity contribution >= 4 is 17.5 Å². The van der Waals surface area contributed by atoms with Crippen molar-refractivity contribution in [3.05, 3.63) is 0 Å². The summed E-state index contributed by atoms with van der Waals surface area (Å²) in [5.74, 6) is 1.05. The number of carbonyl (C=O) groups excluding carboxylic acids is 1. The molecule has 1 rings (SSSR count). The van der Waals surface area contributed by atoms with Gasteiger partial charge in [0.1, 0.15) is 0 Å². The van der Waals surface area contributed by atoms with Crippen LogP contribution in [0, 0.1) is 17.3 Å². The van der Waals surface area contributed by atoms with Crippen LogP contribution in [-0.4, -0.2) is 17.8 Å². The smallest absolute Gasteiger partial charge is 0.220 e. The largest absolute Gasteiger partial charge is 0.356 e. The molecule has 17 heavy (non-hydrogen) atoms. The molecule has 0 aromatic rings. The molecular weight excluding hydrogens is 234 g/mol. The van der Waals surface area contributed by atoms with Gasteiger partial charge in [0.05, 0.1) is 0 Å². The fraction of sp³-hybridized carbons (Fsp3) is 0.929. The Hall–Kier alpha value is -0.240. The van der Waals surface area contributed by atoms with Gasteiger partial charge >= 0.3 is 0 Å². The van der Waals surface area contributed by atoms with Gasteiger partial charge in [-0.3, -0.25) is 4.79 Å². The molecule has 0 saturated heterocycles. The van der Waals surface area contributed by atoms with Crippen LogP contribution in [0.15, 0.2) is 0 Å². The lowest BCUT2D eigenvalue weighted by Crippen LogP contribution is -2.33. The Bertz CT molecular complexity index is 259. The second-order valence-corrected chi connectivity index (χ2v) is 7.04. The van der Waals surface area contributed by atoms with E-state index in [9.17, 15) is 4.79 Å². The van der Waals surface area contributed by atoms with Crippen LogP contribution < -0.4 is 5.32 Å². The molecule has 0 heterocycles. The standard InChI is InChI=1S/C14H26ClNO/c1-10(14(2,3)4)8-13(17)16-9-11-6-5-7-12(11)15/h10-12H,5-9H2,1-4H3,(H,16,17). The maximum atomic E-state index is 11.8. The molecule has 2 nitrogen and oxygen atoms in total. The molecule has 1 fully saturated rings. The topological polar surface area (TPSA) is 29.1 Å². The molecule has 1 aliphatic carbocycles. The van der Waals surface area contributed by atoms with E-state index in [1.165, 1.54) is 6.42 Å². The van der Waals surface area contributed by atoms with Gasteiger partial charge in [-0.15, -0.1) is 11.6 Å². The lowest BCUT2D eigenvalue weighted by atomic mass is 9.80. The van der Waals surface area contributed by atoms with Crippen LogP contribution in [-0.2, 0) is 4.79 Å². The Morgan fingerprint density at radius 2 is 2.06 bits per heavy atom. The summed E-state index contributed by atoms with van der Waals surface area (Å²) in [7, 11) is 0. The number of halogens is 1. The van der Waals surface area contributed by atoms with E-state index in [0.717, 1.165) is 19.4 Å². The lowest BCUT2D eigenvalue weighted by Gasteiger charge is -2.27. The van der Waals surface area contributed by atoms with Crippen molar-refractivity contribution < 1.29 is 4.79 Å². The first-order chi connectivity index (χ1) is 7.80. The number of rotatable bonds is 4. The minimum absolute atomic E-state index is 0.170. The van der Waals surface area contributed by atoms with Crippen LogP contribution in [0.4, 0.5) is 0 Å². The molecule has 0 aromatic carbocycles. The Labute approximate surface area is 110 Å². The molecule has 100 valence electrons. The second kappa shape index (κ2) is 6.08. The predicted octanol–water partition coefficient (Wildman–Crippen LogP) is 3.58. The number of alkyl halides is 1. The number of hydrogen-bond donors (Lipinski definition) is 1. The summed E-state index contributed by atoms with van der Waals surface area (Å²) in [4.78, 5) is 11.8. The summed E-state index contributed by atoms with van der Waals surface area (Å²) in [5.41, 5.74) is 0.194. The van der Waals surface area contributed by atoms with Crippen LogP contribution in [0.1, 0.15) is 53.4 Å². The fourth-order valence-corrected chi connectivity index (χ4v) is 2.49. The third-order valence-electron chi connectivity index (χ3n) is 4.10. The lowest BCUT2D eigenvalue weighted by molar-refractivity contribution is -0.122.